The molecule has 2 unspecified atom stereocenters. The second kappa shape index (κ2) is 11.5. The molecule has 2 N–H and O–H groups in total. The summed E-state index contributed by atoms with van der Waals surface area (Å²) in [5.41, 5.74) is 3.47. The zero-order valence-corrected chi connectivity index (χ0v) is 22.3. The molecule has 2 aliphatic rings. The van der Waals surface area contributed by atoms with E-state index in [0.717, 1.165) is 51.4 Å². The first-order chi connectivity index (χ1) is 18.0. The average Bonchev–Trinajstić information content (AvgIpc) is 3.45. The molecule has 1 saturated heterocycles. The molecule has 1 saturated carbocycles. The molecular formula is C29H35N5O2S. The molecule has 2 fully saturated rings. The summed E-state index contributed by atoms with van der Waals surface area (Å²) >= 11 is 1.41. The zero-order chi connectivity index (χ0) is 25.8. The van der Waals surface area contributed by atoms with Crippen LogP contribution in [-0.2, 0) is 0 Å². The Hall–Kier alpha value is -3.20. The number of hydrogen-bond donors (Lipinski definition) is 2. The number of piperazine rings is 1. The van der Waals surface area contributed by atoms with Gasteiger partial charge in [-0.15, -0.1) is 11.3 Å². The number of rotatable bonds is 9. The van der Waals surface area contributed by atoms with Gasteiger partial charge in [-0.05, 0) is 55.7 Å². The first-order valence-corrected chi connectivity index (χ1v) is 13.8. The Balaban J connectivity index is 1.29. The molecule has 1 aliphatic heterocycles. The van der Waals surface area contributed by atoms with Crippen LogP contribution in [0.15, 0.2) is 66.0 Å². The maximum Gasteiger partial charge on any atom is 0.265 e. The van der Waals surface area contributed by atoms with Crippen LogP contribution in [0.25, 0.3) is 0 Å². The van der Waals surface area contributed by atoms with Crippen molar-refractivity contribution < 1.29 is 9.59 Å². The van der Waals surface area contributed by atoms with Crippen LogP contribution in [0.4, 0.5) is 11.4 Å². The topological polar surface area (TPSA) is 67.9 Å². The average molecular weight is 518 g/mol. The van der Waals surface area contributed by atoms with E-state index in [4.69, 9.17) is 0 Å². The highest BCUT2D eigenvalue weighted by Gasteiger charge is 2.39. The van der Waals surface area contributed by atoms with Crippen LogP contribution >= 0.6 is 11.3 Å². The van der Waals surface area contributed by atoms with Crippen molar-refractivity contribution in [1.82, 2.24) is 15.1 Å². The molecule has 5 rings (SSSR count). The number of amides is 2. The largest absolute Gasteiger partial charge is 0.367 e. The summed E-state index contributed by atoms with van der Waals surface area (Å²) in [6.07, 6.45) is 0.952. The van der Waals surface area contributed by atoms with Crippen LogP contribution in [0.2, 0.25) is 0 Å². The van der Waals surface area contributed by atoms with Gasteiger partial charge in [-0.2, -0.15) is 0 Å². The highest BCUT2D eigenvalue weighted by Crippen LogP contribution is 2.41. The number of carbonyl (C=O) groups excluding carboxylic acids is 2. The molecule has 7 nitrogen and oxygen atoms in total. The van der Waals surface area contributed by atoms with Gasteiger partial charge in [0.05, 0.1) is 16.3 Å². The SMILES string of the molecule is CN(C)CCN1CCN(c2ccc(C(=O)NC3CC3c3ccccc3)cc2NC(=O)c2cccs2)CC1. The zero-order valence-electron chi connectivity index (χ0n) is 21.5. The Kier molecular flexibility index (Phi) is 7.88. The number of likely N-dealkylation sites (N-methyl/N-ethyl adjacent to an activating group) is 1. The molecule has 2 heterocycles. The van der Waals surface area contributed by atoms with Crippen LogP contribution in [-0.4, -0.2) is 81.0 Å². The van der Waals surface area contributed by atoms with Crippen molar-refractivity contribution in [2.75, 3.05) is 63.6 Å². The molecule has 2 amide bonds. The number of carbonyl (C=O) groups is 2. The third kappa shape index (κ3) is 6.39. The number of anilines is 2. The smallest absolute Gasteiger partial charge is 0.265 e. The molecule has 0 spiro atoms. The van der Waals surface area contributed by atoms with E-state index in [0.29, 0.717) is 22.0 Å². The van der Waals surface area contributed by atoms with Crippen molar-refractivity contribution >= 4 is 34.5 Å². The molecule has 1 aromatic heterocycles. The fraction of sp³-hybridized carbons (Fsp3) is 0.379. The lowest BCUT2D eigenvalue weighted by molar-refractivity contribution is 0.0949. The molecule has 1 aliphatic carbocycles. The summed E-state index contributed by atoms with van der Waals surface area (Å²) in [5.74, 6) is 0.117. The van der Waals surface area contributed by atoms with Crippen molar-refractivity contribution in [1.29, 1.82) is 0 Å². The predicted molar refractivity (Wildman–Crippen MR) is 151 cm³/mol. The van der Waals surface area contributed by atoms with E-state index in [9.17, 15) is 9.59 Å². The number of thiophene rings is 1. The van der Waals surface area contributed by atoms with Crippen molar-refractivity contribution in [2.45, 2.75) is 18.4 Å². The van der Waals surface area contributed by atoms with Gasteiger partial charge in [0.15, 0.2) is 0 Å². The third-order valence-electron chi connectivity index (χ3n) is 7.16. The van der Waals surface area contributed by atoms with E-state index in [1.807, 2.05) is 53.9 Å². The van der Waals surface area contributed by atoms with Gasteiger partial charge >= 0.3 is 0 Å². The van der Waals surface area contributed by atoms with E-state index in [-0.39, 0.29) is 17.9 Å². The molecule has 37 heavy (non-hydrogen) atoms. The van der Waals surface area contributed by atoms with E-state index in [1.54, 1.807) is 0 Å². The maximum absolute atomic E-state index is 13.2. The molecule has 2 aromatic carbocycles. The summed E-state index contributed by atoms with van der Waals surface area (Å²) in [5, 5.41) is 8.17. The van der Waals surface area contributed by atoms with Crippen LogP contribution < -0.4 is 15.5 Å². The van der Waals surface area contributed by atoms with Gasteiger partial charge in [-0.1, -0.05) is 36.4 Å². The Morgan fingerprint density at radius 1 is 0.973 bits per heavy atom. The van der Waals surface area contributed by atoms with Gasteiger partial charge in [0.2, 0.25) is 0 Å². The lowest BCUT2D eigenvalue weighted by Crippen LogP contribution is -2.48. The summed E-state index contributed by atoms with van der Waals surface area (Å²) in [4.78, 5) is 33.7. The van der Waals surface area contributed by atoms with Gasteiger partial charge in [0, 0.05) is 56.8 Å². The Morgan fingerprint density at radius 2 is 1.76 bits per heavy atom. The molecule has 8 heteroatoms. The minimum Gasteiger partial charge on any atom is -0.367 e. The van der Waals surface area contributed by atoms with Gasteiger partial charge in [0.1, 0.15) is 0 Å². The number of nitrogens with one attached hydrogen (secondary N) is 2. The second-order valence-electron chi connectivity index (χ2n) is 10.1. The van der Waals surface area contributed by atoms with Crippen LogP contribution in [0.1, 0.15) is 37.9 Å². The van der Waals surface area contributed by atoms with Crippen molar-refractivity contribution in [3.63, 3.8) is 0 Å². The summed E-state index contributed by atoms with van der Waals surface area (Å²) in [6, 6.07) is 19.8. The predicted octanol–water partition coefficient (Wildman–Crippen LogP) is 3.97. The van der Waals surface area contributed by atoms with Gasteiger partial charge in [-0.3, -0.25) is 14.5 Å². The molecular weight excluding hydrogens is 482 g/mol. The van der Waals surface area contributed by atoms with E-state index < -0.39 is 0 Å². The Bertz CT molecular complexity index is 1210. The van der Waals surface area contributed by atoms with Crippen LogP contribution in [0.3, 0.4) is 0 Å². The summed E-state index contributed by atoms with van der Waals surface area (Å²) < 4.78 is 0. The summed E-state index contributed by atoms with van der Waals surface area (Å²) in [7, 11) is 4.20. The van der Waals surface area contributed by atoms with Crippen LogP contribution in [0, 0.1) is 0 Å². The lowest BCUT2D eigenvalue weighted by Gasteiger charge is -2.37. The first-order valence-electron chi connectivity index (χ1n) is 12.9. The highest BCUT2D eigenvalue weighted by atomic mass is 32.1. The fourth-order valence-corrected chi connectivity index (χ4v) is 5.49. The Labute approximate surface area is 223 Å². The molecule has 0 radical (unpaired) electrons. The third-order valence-corrected chi connectivity index (χ3v) is 8.03. The van der Waals surface area contributed by atoms with E-state index >= 15 is 0 Å². The number of nitrogens with zero attached hydrogens (tertiary/aromatic N) is 3. The van der Waals surface area contributed by atoms with Gasteiger partial charge in [0.25, 0.3) is 11.8 Å². The molecule has 3 aromatic rings. The second-order valence-corrected chi connectivity index (χ2v) is 11.1. The van der Waals surface area contributed by atoms with E-state index in [2.05, 4.69) is 51.6 Å². The van der Waals surface area contributed by atoms with Gasteiger partial charge < -0.3 is 20.4 Å². The number of hydrogen-bond acceptors (Lipinski definition) is 6. The summed E-state index contributed by atoms with van der Waals surface area (Å²) in [6.45, 7) is 5.78. The lowest BCUT2D eigenvalue weighted by atomic mass is 10.1. The van der Waals surface area contributed by atoms with Crippen molar-refractivity contribution in [3.8, 4) is 0 Å². The fourth-order valence-electron chi connectivity index (χ4n) is 4.87. The van der Waals surface area contributed by atoms with Gasteiger partial charge in [-0.25, -0.2) is 0 Å². The maximum atomic E-state index is 13.2. The minimum absolute atomic E-state index is 0.102. The minimum atomic E-state index is -0.148. The highest BCUT2D eigenvalue weighted by molar-refractivity contribution is 7.12. The monoisotopic (exact) mass is 517 g/mol. The van der Waals surface area contributed by atoms with Crippen molar-refractivity contribution in [2.24, 2.45) is 0 Å². The van der Waals surface area contributed by atoms with Crippen molar-refractivity contribution in [3.05, 3.63) is 82.0 Å². The quantitative estimate of drug-likeness (QED) is 0.450. The Morgan fingerprint density at radius 3 is 2.46 bits per heavy atom. The van der Waals surface area contributed by atoms with Crippen LogP contribution in [0.5, 0.6) is 0 Å². The molecule has 194 valence electrons. The molecule has 0 bridgehead atoms. The standard InChI is InChI=1S/C29H35N5O2S/c1-32(2)12-13-33-14-16-34(17-15-33)26-11-10-22(19-25(26)31-29(36)27-9-6-18-37-27)28(35)30-24-20-23(24)21-7-4-3-5-8-21/h3-11,18-19,23-24H,12-17,20H2,1-2H3,(H,30,35)(H,31,36). The molecule has 2 atom stereocenters. The first kappa shape index (κ1) is 25.4. The number of benzene rings is 2. The normalized spacial score (nSPS) is 19.6. The van der Waals surface area contributed by atoms with E-state index in [1.165, 1.54) is 16.9 Å².